The van der Waals surface area contributed by atoms with E-state index in [0.29, 0.717) is 6.42 Å². The summed E-state index contributed by atoms with van der Waals surface area (Å²) in [5.74, 6) is -0.0446. The van der Waals surface area contributed by atoms with Gasteiger partial charge in [0.2, 0.25) is 0 Å². The molecule has 0 atom stereocenters. The van der Waals surface area contributed by atoms with Gasteiger partial charge in [-0.1, -0.05) is 11.6 Å². The van der Waals surface area contributed by atoms with Crippen LogP contribution in [0.15, 0.2) is 23.2 Å². The highest BCUT2D eigenvalue weighted by atomic mass is 35.5. The van der Waals surface area contributed by atoms with Crippen molar-refractivity contribution < 1.29 is 26.3 Å². The first-order valence-electron chi connectivity index (χ1n) is 7.86. The second kappa shape index (κ2) is 6.78. The zero-order valence-corrected chi connectivity index (χ0v) is 14.6. The summed E-state index contributed by atoms with van der Waals surface area (Å²) in [6.45, 7) is 1.34. The summed E-state index contributed by atoms with van der Waals surface area (Å²) < 4.78 is 79.1. The Labute approximate surface area is 155 Å². The van der Waals surface area contributed by atoms with Crippen molar-refractivity contribution >= 4 is 23.0 Å². The summed E-state index contributed by atoms with van der Waals surface area (Å²) in [7, 11) is 0. The predicted molar refractivity (Wildman–Crippen MR) is 87.4 cm³/mol. The van der Waals surface area contributed by atoms with E-state index in [1.165, 1.54) is 6.92 Å². The Hall–Kier alpha value is -2.16. The van der Waals surface area contributed by atoms with Crippen molar-refractivity contribution in [3.63, 3.8) is 0 Å². The van der Waals surface area contributed by atoms with Crippen molar-refractivity contribution in [3.05, 3.63) is 51.6 Å². The first-order valence-corrected chi connectivity index (χ1v) is 8.24. The van der Waals surface area contributed by atoms with Crippen LogP contribution in [0.25, 0.3) is 0 Å². The van der Waals surface area contributed by atoms with E-state index >= 15 is 0 Å². The minimum Gasteiger partial charge on any atom is -0.249 e. The molecule has 0 aliphatic carbocycles. The summed E-state index contributed by atoms with van der Waals surface area (Å²) in [4.78, 5) is 11.5. The van der Waals surface area contributed by atoms with Gasteiger partial charge < -0.3 is 0 Å². The molecule has 0 N–H and O–H groups in total. The van der Waals surface area contributed by atoms with Crippen LogP contribution in [0.3, 0.4) is 0 Å². The molecule has 0 unspecified atom stereocenters. The molecule has 27 heavy (non-hydrogen) atoms. The summed E-state index contributed by atoms with van der Waals surface area (Å²) in [6, 6.07) is 2.67. The molecule has 0 saturated carbocycles. The van der Waals surface area contributed by atoms with E-state index < -0.39 is 29.3 Å². The van der Waals surface area contributed by atoms with Gasteiger partial charge in [-0.15, -0.1) is 0 Å². The fraction of sp³-hybridized carbons (Fsp3) is 0.353. The number of alkyl halides is 6. The number of halogens is 7. The summed E-state index contributed by atoms with van der Waals surface area (Å²) in [5.41, 5.74) is -2.50. The smallest absolute Gasteiger partial charge is 0.249 e. The lowest BCUT2D eigenvalue weighted by Crippen LogP contribution is -2.12. The van der Waals surface area contributed by atoms with Gasteiger partial charge in [-0.2, -0.15) is 26.3 Å². The molecule has 144 valence electrons. The lowest BCUT2D eigenvalue weighted by Gasteiger charge is -2.14. The van der Waals surface area contributed by atoms with Crippen LogP contribution in [0.1, 0.15) is 41.2 Å². The number of fused-ring (bicyclic) bond motifs is 1. The Morgan fingerprint density at radius 3 is 2.30 bits per heavy atom. The van der Waals surface area contributed by atoms with Crippen molar-refractivity contribution in [2.45, 2.75) is 38.5 Å². The van der Waals surface area contributed by atoms with E-state index in [2.05, 4.69) is 15.0 Å². The molecule has 2 heterocycles. The number of aliphatic imine (C=N–C) groups is 1. The van der Waals surface area contributed by atoms with Gasteiger partial charge in [0.25, 0.3) is 0 Å². The van der Waals surface area contributed by atoms with E-state index in [1.54, 1.807) is 0 Å². The highest BCUT2D eigenvalue weighted by Gasteiger charge is 2.38. The number of benzene rings is 1. The zero-order valence-electron chi connectivity index (χ0n) is 13.8. The Morgan fingerprint density at radius 2 is 1.67 bits per heavy atom. The van der Waals surface area contributed by atoms with Crippen LogP contribution in [-0.4, -0.2) is 15.7 Å². The number of hydrogen-bond donors (Lipinski definition) is 0. The van der Waals surface area contributed by atoms with Gasteiger partial charge in [0.15, 0.2) is 5.69 Å². The molecule has 1 aliphatic rings. The topological polar surface area (TPSA) is 38.1 Å². The van der Waals surface area contributed by atoms with Gasteiger partial charge >= 0.3 is 12.4 Å². The van der Waals surface area contributed by atoms with Crippen LogP contribution >= 0.6 is 11.6 Å². The molecule has 0 fully saturated rings. The lowest BCUT2D eigenvalue weighted by atomic mass is 10.0. The lowest BCUT2D eigenvalue weighted by molar-refractivity contribution is -0.141. The van der Waals surface area contributed by atoms with E-state index in [4.69, 9.17) is 11.6 Å². The second-order valence-corrected chi connectivity index (χ2v) is 6.42. The van der Waals surface area contributed by atoms with Gasteiger partial charge in [0.1, 0.15) is 11.5 Å². The molecular formula is C17H12ClF6N3. The molecule has 3 nitrogen and oxygen atoms in total. The van der Waals surface area contributed by atoms with Gasteiger partial charge in [-0.3, -0.25) is 0 Å². The van der Waals surface area contributed by atoms with E-state index in [-0.39, 0.29) is 40.7 Å². The highest BCUT2D eigenvalue weighted by Crippen LogP contribution is 2.39. The molecule has 1 aromatic heterocycles. The third-order valence-electron chi connectivity index (χ3n) is 4.02. The minimum atomic E-state index is -4.77. The predicted octanol–water partition coefficient (Wildman–Crippen LogP) is 5.93. The molecule has 2 aromatic rings. The maximum Gasteiger partial charge on any atom is 0.435 e. The number of rotatable bonds is 1. The molecule has 1 aromatic carbocycles. The van der Waals surface area contributed by atoms with Crippen molar-refractivity contribution in [3.8, 4) is 0 Å². The Kier molecular flexibility index (Phi) is 4.92. The Balaban J connectivity index is 2.21. The summed E-state index contributed by atoms with van der Waals surface area (Å²) in [5, 5.41) is -0.0215. The minimum absolute atomic E-state index is 0.0215. The third-order valence-corrected chi connectivity index (χ3v) is 4.34. The first-order chi connectivity index (χ1) is 12.5. The van der Waals surface area contributed by atoms with Crippen molar-refractivity contribution in [2.75, 3.05) is 0 Å². The molecule has 0 amide bonds. The maximum absolute atomic E-state index is 13.4. The molecule has 0 radical (unpaired) electrons. The standard InChI is InChI=1S/C17H12ClF6N3/c1-8-25-13-4-2-3-12(27-14(13)15(26-8)17(22,23)24)10-7-9(16(19,20)21)5-6-11(10)18/h5-7H,2-4H2,1H3. The van der Waals surface area contributed by atoms with Crippen molar-refractivity contribution in [1.82, 2.24) is 9.97 Å². The quantitative estimate of drug-likeness (QED) is 0.549. The number of hydrogen-bond acceptors (Lipinski definition) is 3. The summed E-state index contributed by atoms with van der Waals surface area (Å²) >= 11 is 6.01. The number of aryl methyl sites for hydroxylation is 2. The van der Waals surface area contributed by atoms with Crippen LogP contribution in [0.2, 0.25) is 5.02 Å². The fourth-order valence-corrected chi connectivity index (χ4v) is 3.07. The van der Waals surface area contributed by atoms with E-state index in [9.17, 15) is 26.3 Å². The molecule has 0 saturated heterocycles. The van der Waals surface area contributed by atoms with Crippen molar-refractivity contribution in [1.29, 1.82) is 0 Å². The second-order valence-electron chi connectivity index (χ2n) is 6.02. The Morgan fingerprint density at radius 1 is 0.963 bits per heavy atom. The molecule has 0 spiro atoms. The SMILES string of the molecule is Cc1nc2c(c(C(F)(F)F)n1)N=C(c1cc(C(F)(F)F)ccc1Cl)CCC2. The van der Waals surface area contributed by atoms with E-state index in [0.717, 1.165) is 18.2 Å². The molecule has 10 heteroatoms. The van der Waals surface area contributed by atoms with Gasteiger partial charge in [0.05, 0.1) is 11.3 Å². The first kappa shape index (κ1) is 19.6. The zero-order chi connectivity index (χ0) is 20.0. The van der Waals surface area contributed by atoms with Crippen LogP contribution in [0.5, 0.6) is 0 Å². The van der Waals surface area contributed by atoms with Crippen LogP contribution in [0, 0.1) is 6.92 Å². The van der Waals surface area contributed by atoms with Crippen LogP contribution < -0.4 is 0 Å². The Bertz CT molecular complexity index is 918. The molecule has 1 aliphatic heterocycles. The molecular weight excluding hydrogens is 396 g/mol. The van der Waals surface area contributed by atoms with Gasteiger partial charge in [-0.05, 0) is 44.4 Å². The molecule has 3 rings (SSSR count). The van der Waals surface area contributed by atoms with Crippen molar-refractivity contribution in [2.24, 2.45) is 4.99 Å². The van der Waals surface area contributed by atoms with Crippen LogP contribution in [0.4, 0.5) is 32.0 Å². The summed E-state index contributed by atoms with van der Waals surface area (Å²) in [6.07, 6.45) is -8.65. The average molecular weight is 408 g/mol. The van der Waals surface area contributed by atoms with E-state index in [1.807, 2.05) is 0 Å². The third kappa shape index (κ3) is 4.07. The maximum atomic E-state index is 13.4. The highest BCUT2D eigenvalue weighted by molar-refractivity contribution is 6.34. The van der Waals surface area contributed by atoms with Crippen LogP contribution in [-0.2, 0) is 18.8 Å². The van der Waals surface area contributed by atoms with Gasteiger partial charge in [0, 0.05) is 16.3 Å². The normalized spacial score (nSPS) is 15.2. The number of aromatic nitrogens is 2. The van der Waals surface area contributed by atoms with Gasteiger partial charge in [-0.25, -0.2) is 15.0 Å². The average Bonchev–Trinajstić information content (AvgIpc) is 2.74. The largest absolute Gasteiger partial charge is 0.435 e. The monoisotopic (exact) mass is 407 g/mol. The number of nitrogens with zero attached hydrogens (tertiary/aromatic N) is 3. The fourth-order valence-electron chi connectivity index (χ4n) is 2.85. The molecule has 0 bridgehead atoms.